The van der Waals surface area contributed by atoms with Crippen LogP contribution < -0.4 is 10.1 Å². The summed E-state index contributed by atoms with van der Waals surface area (Å²) in [5.74, 6) is 0.216. The van der Waals surface area contributed by atoms with E-state index in [4.69, 9.17) is 21.3 Å². The van der Waals surface area contributed by atoms with Crippen molar-refractivity contribution in [1.82, 2.24) is 30.2 Å². The number of nitrogens with one attached hydrogen (secondary N) is 1. The Kier molecular flexibility index (Phi) is 6.38. The molecule has 5 rings (SSSR count). The second kappa shape index (κ2) is 9.61. The number of aromatic nitrogens is 6. The molecule has 0 aromatic carbocycles. The van der Waals surface area contributed by atoms with Crippen LogP contribution in [0.15, 0.2) is 24.3 Å². The molecule has 182 valence electrons. The van der Waals surface area contributed by atoms with Crippen molar-refractivity contribution < 1.29 is 14.6 Å². The smallest absolute Gasteiger partial charge is 0.306 e. The standard InChI is InChI=1S/C24H26ClN7O3/c1-13-20(35-16-5-3-4-15(10-16)24(33)34)9-8-18(27-13)22-19(32(2)31-29-22)12-26-23-17(14-6-7-14)11-21(25)28-30-23/h6,8-9,11,15-16H,3-5,7,10,12H2,1-2H3,(H,26,30)(H,33,34)/t15-,16-/m0/s1. The summed E-state index contributed by atoms with van der Waals surface area (Å²) < 4.78 is 7.84. The van der Waals surface area contributed by atoms with Crippen molar-refractivity contribution in [3.8, 4) is 17.1 Å². The van der Waals surface area contributed by atoms with Crippen LogP contribution >= 0.6 is 11.6 Å². The number of pyridine rings is 1. The first-order chi connectivity index (χ1) is 16.9. The number of ether oxygens (including phenoxy) is 1. The molecule has 0 amide bonds. The van der Waals surface area contributed by atoms with Gasteiger partial charge in [0.2, 0.25) is 0 Å². The third-order valence-corrected chi connectivity index (χ3v) is 6.62. The Morgan fingerprint density at radius 1 is 1.29 bits per heavy atom. The number of rotatable bonds is 8. The normalized spacial score (nSPS) is 19.2. The Morgan fingerprint density at radius 3 is 2.86 bits per heavy atom. The molecule has 3 heterocycles. The van der Waals surface area contributed by atoms with Gasteiger partial charge in [0.15, 0.2) is 11.0 Å². The molecule has 10 nitrogen and oxygen atoms in total. The van der Waals surface area contributed by atoms with E-state index in [1.165, 1.54) is 5.57 Å². The minimum absolute atomic E-state index is 0.122. The van der Waals surface area contributed by atoms with Crippen molar-refractivity contribution in [2.45, 2.75) is 51.7 Å². The van der Waals surface area contributed by atoms with Gasteiger partial charge in [-0.2, -0.15) is 0 Å². The van der Waals surface area contributed by atoms with Crippen LogP contribution in [0.2, 0.25) is 5.15 Å². The zero-order chi connectivity index (χ0) is 24.5. The Morgan fingerprint density at radius 2 is 2.11 bits per heavy atom. The van der Waals surface area contributed by atoms with Gasteiger partial charge in [-0.1, -0.05) is 22.9 Å². The third-order valence-electron chi connectivity index (χ3n) is 6.43. The van der Waals surface area contributed by atoms with Crippen LogP contribution in [-0.2, 0) is 18.4 Å². The summed E-state index contributed by atoms with van der Waals surface area (Å²) in [4.78, 5) is 16.1. The fourth-order valence-electron chi connectivity index (χ4n) is 4.42. The van der Waals surface area contributed by atoms with Gasteiger partial charge in [-0.3, -0.25) is 4.79 Å². The Balaban J connectivity index is 1.32. The van der Waals surface area contributed by atoms with Gasteiger partial charge in [-0.15, -0.1) is 15.3 Å². The maximum atomic E-state index is 11.4. The van der Waals surface area contributed by atoms with E-state index in [9.17, 15) is 9.90 Å². The molecule has 2 aliphatic carbocycles. The van der Waals surface area contributed by atoms with Crippen LogP contribution in [0.25, 0.3) is 17.0 Å². The number of carboxylic acid groups (broad SMARTS) is 1. The molecule has 0 radical (unpaired) electrons. The molecule has 0 saturated heterocycles. The van der Waals surface area contributed by atoms with Crippen LogP contribution in [-0.4, -0.2) is 47.4 Å². The molecule has 3 aromatic rings. The van der Waals surface area contributed by atoms with Crippen LogP contribution in [0.3, 0.4) is 0 Å². The molecule has 2 aliphatic rings. The van der Waals surface area contributed by atoms with Crippen LogP contribution in [0.5, 0.6) is 5.75 Å². The minimum Gasteiger partial charge on any atom is -0.489 e. The second-order valence-electron chi connectivity index (χ2n) is 8.95. The van der Waals surface area contributed by atoms with Crippen LogP contribution in [0, 0.1) is 12.8 Å². The Labute approximate surface area is 207 Å². The monoisotopic (exact) mass is 495 g/mol. The van der Waals surface area contributed by atoms with Crippen molar-refractivity contribution in [3.05, 3.63) is 46.4 Å². The molecule has 0 bridgehead atoms. The molecular formula is C24H26ClN7O3. The predicted octanol–water partition coefficient (Wildman–Crippen LogP) is 4.05. The topological polar surface area (TPSA) is 128 Å². The predicted molar refractivity (Wildman–Crippen MR) is 130 cm³/mol. The molecule has 11 heteroatoms. The van der Waals surface area contributed by atoms with E-state index in [1.54, 1.807) is 4.68 Å². The molecule has 35 heavy (non-hydrogen) atoms. The van der Waals surface area contributed by atoms with Crippen LogP contribution in [0.4, 0.5) is 5.82 Å². The van der Waals surface area contributed by atoms with Gasteiger partial charge >= 0.3 is 5.97 Å². The highest BCUT2D eigenvalue weighted by Gasteiger charge is 2.28. The summed E-state index contributed by atoms with van der Waals surface area (Å²) in [5, 5.41) is 29.7. The van der Waals surface area contributed by atoms with Gasteiger partial charge in [-0.25, -0.2) is 9.67 Å². The highest BCUT2D eigenvalue weighted by molar-refractivity contribution is 6.29. The number of carbonyl (C=O) groups is 1. The van der Waals surface area contributed by atoms with Gasteiger partial charge in [0.05, 0.1) is 35.6 Å². The summed E-state index contributed by atoms with van der Waals surface area (Å²) in [6, 6.07) is 5.54. The summed E-state index contributed by atoms with van der Waals surface area (Å²) >= 11 is 6.03. The first kappa shape index (κ1) is 23.2. The van der Waals surface area contributed by atoms with Gasteiger partial charge in [0.25, 0.3) is 0 Å². The fourth-order valence-corrected chi connectivity index (χ4v) is 4.56. The van der Waals surface area contributed by atoms with Gasteiger partial charge in [-0.05, 0) is 62.8 Å². The number of allylic oxidation sites excluding steroid dienone is 2. The summed E-state index contributed by atoms with van der Waals surface area (Å²) in [7, 11) is 1.83. The van der Waals surface area contributed by atoms with E-state index in [0.717, 1.165) is 36.2 Å². The number of hydrogen-bond donors (Lipinski definition) is 2. The van der Waals surface area contributed by atoms with Crippen molar-refractivity contribution >= 4 is 29.0 Å². The molecule has 3 aromatic heterocycles. The fraction of sp³-hybridized carbons (Fsp3) is 0.417. The second-order valence-corrected chi connectivity index (χ2v) is 9.33. The highest BCUT2D eigenvalue weighted by Crippen LogP contribution is 2.36. The quantitative estimate of drug-likeness (QED) is 0.475. The zero-order valence-corrected chi connectivity index (χ0v) is 20.3. The molecule has 1 saturated carbocycles. The average molecular weight is 496 g/mol. The van der Waals surface area contributed by atoms with Crippen molar-refractivity contribution in [1.29, 1.82) is 0 Å². The number of halogens is 1. The first-order valence-electron chi connectivity index (χ1n) is 11.6. The highest BCUT2D eigenvalue weighted by atomic mass is 35.5. The Bertz CT molecular complexity index is 1310. The van der Waals surface area contributed by atoms with E-state index in [1.807, 2.05) is 32.2 Å². The van der Waals surface area contributed by atoms with E-state index >= 15 is 0 Å². The maximum Gasteiger partial charge on any atom is 0.306 e. The van der Waals surface area contributed by atoms with Gasteiger partial charge in [0, 0.05) is 12.6 Å². The van der Waals surface area contributed by atoms with E-state index in [2.05, 4.69) is 31.9 Å². The molecule has 2 atom stereocenters. The number of aryl methyl sites for hydroxylation is 2. The summed E-state index contributed by atoms with van der Waals surface area (Å²) in [5.41, 5.74) is 5.04. The Hall–Kier alpha value is -3.53. The lowest BCUT2D eigenvalue weighted by molar-refractivity contribution is -0.143. The zero-order valence-electron chi connectivity index (χ0n) is 19.5. The first-order valence-corrected chi connectivity index (χ1v) is 12.0. The number of hydrogen-bond acceptors (Lipinski definition) is 8. The minimum atomic E-state index is -0.752. The molecule has 1 fully saturated rings. The number of carboxylic acids is 1. The van der Waals surface area contributed by atoms with Crippen molar-refractivity contribution in [2.75, 3.05) is 5.32 Å². The molecule has 0 unspecified atom stereocenters. The van der Waals surface area contributed by atoms with Crippen LogP contribution in [0.1, 0.15) is 49.1 Å². The maximum absolute atomic E-state index is 11.4. The molecular weight excluding hydrogens is 470 g/mol. The van der Waals surface area contributed by atoms with E-state index < -0.39 is 5.97 Å². The van der Waals surface area contributed by atoms with Crippen molar-refractivity contribution in [2.24, 2.45) is 13.0 Å². The van der Waals surface area contributed by atoms with Gasteiger partial charge in [0.1, 0.15) is 11.4 Å². The van der Waals surface area contributed by atoms with Crippen molar-refractivity contribution in [3.63, 3.8) is 0 Å². The lowest BCUT2D eigenvalue weighted by Gasteiger charge is -2.27. The lowest BCUT2D eigenvalue weighted by Crippen LogP contribution is -2.29. The SMILES string of the molecule is Cc1nc(-c2nnn(C)c2CNc2nnc(Cl)cc2C2=CC2)ccc1O[C@H]1CCC[C@H](C(=O)O)C1. The van der Waals surface area contributed by atoms with Gasteiger partial charge < -0.3 is 15.2 Å². The largest absolute Gasteiger partial charge is 0.489 e. The third kappa shape index (κ3) is 5.12. The lowest BCUT2D eigenvalue weighted by atomic mass is 9.87. The molecule has 0 spiro atoms. The number of nitrogens with zero attached hydrogens (tertiary/aromatic N) is 6. The van der Waals surface area contributed by atoms with E-state index in [-0.39, 0.29) is 12.0 Å². The summed E-state index contributed by atoms with van der Waals surface area (Å²) in [6.07, 6.45) is 5.82. The molecule has 2 N–H and O–H groups in total. The number of aliphatic carboxylic acids is 1. The average Bonchev–Trinajstić information content (AvgIpc) is 3.62. The summed E-state index contributed by atoms with van der Waals surface area (Å²) in [6.45, 7) is 2.30. The number of anilines is 1. The van der Waals surface area contributed by atoms with E-state index in [0.29, 0.717) is 47.5 Å². The molecule has 0 aliphatic heterocycles.